The molecule has 4 unspecified atom stereocenters. The van der Waals surface area contributed by atoms with Crippen LogP contribution in [0.4, 0.5) is 0 Å². The van der Waals surface area contributed by atoms with Crippen molar-refractivity contribution in [3.8, 4) is 16.9 Å². The zero-order chi connectivity index (χ0) is 35.6. The van der Waals surface area contributed by atoms with Gasteiger partial charge in [0.05, 0.1) is 35.9 Å². The first-order chi connectivity index (χ1) is 23.9. The van der Waals surface area contributed by atoms with Crippen molar-refractivity contribution in [3.05, 3.63) is 77.1 Å². The lowest BCUT2D eigenvalue weighted by Gasteiger charge is -2.38. The van der Waals surface area contributed by atoms with Crippen molar-refractivity contribution in [2.45, 2.75) is 79.7 Å². The first kappa shape index (κ1) is 36.6. The summed E-state index contributed by atoms with van der Waals surface area (Å²) >= 11 is 6.53. The number of ether oxygens (including phenoxy) is 2. The predicted molar refractivity (Wildman–Crippen MR) is 181 cm³/mol. The molecule has 0 radical (unpaired) electrons. The Morgan fingerprint density at radius 2 is 1.74 bits per heavy atom. The SMILES string of the molecule is O=C(CC1CN(S(=O)(=O)c2ccc(Cl)c(COC3(c4cnccc4-c4ccccc4OC4CC4)CC3)c2)C1)NCC(O)C(O)C(O)C(O)CO. The minimum atomic E-state index is -3.89. The Morgan fingerprint density at radius 1 is 1.02 bits per heavy atom. The quantitative estimate of drug-likeness (QED) is 0.118. The smallest absolute Gasteiger partial charge is 0.243 e. The summed E-state index contributed by atoms with van der Waals surface area (Å²) in [5.74, 6) is 0.0670. The van der Waals surface area contributed by atoms with Crippen molar-refractivity contribution in [1.29, 1.82) is 0 Å². The first-order valence-electron chi connectivity index (χ1n) is 16.6. The number of aromatic nitrogens is 1. The normalized spacial score (nSPS) is 20.0. The van der Waals surface area contributed by atoms with E-state index in [0.29, 0.717) is 10.6 Å². The van der Waals surface area contributed by atoms with E-state index < -0.39 is 59.1 Å². The number of nitrogens with one attached hydrogen (secondary N) is 1. The van der Waals surface area contributed by atoms with E-state index in [-0.39, 0.29) is 43.0 Å². The van der Waals surface area contributed by atoms with Gasteiger partial charge in [-0.15, -0.1) is 0 Å². The third-order valence-electron chi connectivity index (χ3n) is 9.40. The number of sulfonamides is 1. The number of amides is 1. The Morgan fingerprint density at radius 3 is 2.44 bits per heavy atom. The minimum Gasteiger partial charge on any atom is -0.490 e. The predicted octanol–water partition coefficient (Wildman–Crippen LogP) is 1.71. The molecule has 2 aromatic carbocycles. The molecule has 1 amide bonds. The molecule has 1 saturated heterocycles. The van der Waals surface area contributed by atoms with E-state index in [1.54, 1.807) is 6.20 Å². The summed E-state index contributed by atoms with van der Waals surface area (Å²) in [7, 11) is -3.89. The first-order valence-corrected chi connectivity index (χ1v) is 18.5. The molecular formula is C35H42ClN3O10S. The molecule has 6 N–H and O–H groups in total. The van der Waals surface area contributed by atoms with Crippen LogP contribution < -0.4 is 10.1 Å². The number of hydrogen-bond donors (Lipinski definition) is 6. The van der Waals surface area contributed by atoms with Crippen LogP contribution >= 0.6 is 11.6 Å². The van der Waals surface area contributed by atoms with Crippen LogP contribution in [0.5, 0.6) is 5.75 Å². The molecule has 0 bridgehead atoms. The molecule has 1 aliphatic heterocycles. The van der Waals surface area contributed by atoms with Crippen LogP contribution in [0.15, 0.2) is 65.8 Å². The highest BCUT2D eigenvalue weighted by molar-refractivity contribution is 7.89. The van der Waals surface area contributed by atoms with Crippen LogP contribution in [0.25, 0.3) is 11.1 Å². The summed E-state index contributed by atoms with van der Waals surface area (Å²) < 4.78 is 41.0. The lowest BCUT2D eigenvalue weighted by atomic mass is 9.96. The standard InChI is InChI=1S/C35H42ClN3O10S/c36-28-8-7-24(50(46,47)39-17-21(18-39)13-32(43)38-16-29(41)33(44)34(45)30(42)19-40)14-22(28)20-48-35(10-11-35)27-15-37-12-9-25(27)26-3-1-2-4-31(26)49-23-5-6-23/h1-4,7-9,12,14-15,21,23,29-30,33-34,40-42,44-45H,5-6,10-11,13,16-20H2,(H,38,43). The number of hydrogen-bond acceptors (Lipinski definition) is 11. The van der Waals surface area contributed by atoms with Crippen LogP contribution in [-0.2, 0) is 31.8 Å². The molecule has 2 aliphatic carbocycles. The van der Waals surface area contributed by atoms with Gasteiger partial charge in [0.15, 0.2) is 0 Å². The monoisotopic (exact) mass is 731 g/mol. The van der Waals surface area contributed by atoms with Gasteiger partial charge in [0, 0.05) is 54.6 Å². The molecule has 15 heteroatoms. The summed E-state index contributed by atoms with van der Waals surface area (Å²) in [5, 5.41) is 50.8. The second-order valence-electron chi connectivity index (χ2n) is 13.3. The highest BCUT2D eigenvalue weighted by Gasteiger charge is 2.48. The summed E-state index contributed by atoms with van der Waals surface area (Å²) in [6, 6.07) is 14.4. The minimum absolute atomic E-state index is 0.0219. The van der Waals surface area contributed by atoms with E-state index >= 15 is 0 Å². The average molecular weight is 732 g/mol. The Balaban J connectivity index is 1.05. The molecule has 2 saturated carbocycles. The number of pyridine rings is 1. The zero-order valence-corrected chi connectivity index (χ0v) is 28.8. The lowest BCUT2D eigenvalue weighted by molar-refractivity contribution is -0.127. The molecule has 270 valence electrons. The molecule has 6 rings (SSSR count). The number of aliphatic hydroxyl groups is 5. The van der Waals surface area contributed by atoms with Crippen molar-refractivity contribution in [2.24, 2.45) is 5.92 Å². The largest absolute Gasteiger partial charge is 0.490 e. The number of benzene rings is 2. The van der Waals surface area contributed by atoms with Crippen molar-refractivity contribution in [2.75, 3.05) is 26.2 Å². The molecule has 3 fully saturated rings. The van der Waals surface area contributed by atoms with Gasteiger partial charge in [0.1, 0.15) is 24.1 Å². The molecule has 4 atom stereocenters. The number of para-hydroxylation sites is 1. The van der Waals surface area contributed by atoms with Crippen molar-refractivity contribution in [1.82, 2.24) is 14.6 Å². The Kier molecular flexibility index (Phi) is 11.1. The molecule has 0 spiro atoms. The molecule has 1 aromatic heterocycles. The van der Waals surface area contributed by atoms with E-state index in [1.165, 1.54) is 22.5 Å². The van der Waals surface area contributed by atoms with Crippen LogP contribution in [0, 0.1) is 5.92 Å². The van der Waals surface area contributed by atoms with Gasteiger partial charge in [-0.2, -0.15) is 4.31 Å². The summed E-state index contributed by atoms with van der Waals surface area (Å²) in [5.41, 5.74) is 2.80. The highest BCUT2D eigenvalue weighted by Crippen LogP contribution is 2.53. The molecule has 3 aromatic rings. The second-order valence-corrected chi connectivity index (χ2v) is 15.6. The maximum Gasteiger partial charge on any atom is 0.243 e. The van der Waals surface area contributed by atoms with Gasteiger partial charge >= 0.3 is 0 Å². The Labute approximate surface area is 295 Å². The zero-order valence-electron chi connectivity index (χ0n) is 27.3. The summed E-state index contributed by atoms with van der Waals surface area (Å²) in [6.07, 6.45) is 0.554. The van der Waals surface area contributed by atoms with Crippen LogP contribution in [-0.4, -0.2) is 106 Å². The van der Waals surface area contributed by atoms with E-state index in [1.807, 2.05) is 36.5 Å². The fraction of sp³-hybridized carbons (Fsp3) is 0.486. The van der Waals surface area contributed by atoms with Crippen molar-refractivity contribution >= 4 is 27.5 Å². The lowest BCUT2D eigenvalue weighted by Crippen LogP contribution is -2.52. The number of halogens is 1. The topological polar surface area (TPSA) is 199 Å². The highest BCUT2D eigenvalue weighted by atomic mass is 35.5. The van der Waals surface area contributed by atoms with Gasteiger partial charge in [-0.1, -0.05) is 29.8 Å². The van der Waals surface area contributed by atoms with E-state index in [9.17, 15) is 33.6 Å². The average Bonchev–Trinajstić information content (AvgIpc) is 4.05. The second kappa shape index (κ2) is 15.2. The molecule has 3 aliphatic rings. The Bertz CT molecular complexity index is 1780. The summed E-state index contributed by atoms with van der Waals surface area (Å²) in [6.45, 7) is -0.934. The fourth-order valence-corrected chi connectivity index (χ4v) is 7.84. The van der Waals surface area contributed by atoms with E-state index in [2.05, 4.69) is 10.3 Å². The number of rotatable bonds is 17. The number of carbonyl (C=O) groups is 1. The molecule has 50 heavy (non-hydrogen) atoms. The van der Waals surface area contributed by atoms with Gasteiger partial charge in [0.2, 0.25) is 15.9 Å². The third kappa shape index (κ3) is 8.14. The summed E-state index contributed by atoms with van der Waals surface area (Å²) in [4.78, 5) is 16.9. The van der Waals surface area contributed by atoms with E-state index in [4.69, 9.17) is 26.2 Å². The third-order valence-corrected chi connectivity index (χ3v) is 11.6. The van der Waals surface area contributed by atoms with Crippen molar-refractivity contribution < 1.29 is 48.2 Å². The van der Waals surface area contributed by atoms with Crippen LogP contribution in [0.1, 0.15) is 43.2 Å². The Hall–Kier alpha value is -3.18. The van der Waals surface area contributed by atoms with Gasteiger partial charge in [-0.05, 0) is 73.1 Å². The number of aliphatic hydroxyl groups excluding tert-OH is 5. The molecule has 13 nitrogen and oxygen atoms in total. The van der Waals surface area contributed by atoms with Crippen molar-refractivity contribution in [3.63, 3.8) is 0 Å². The van der Waals surface area contributed by atoms with Crippen LogP contribution in [0.2, 0.25) is 5.02 Å². The van der Waals surface area contributed by atoms with Crippen LogP contribution in [0.3, 0.4) is 0 Å². The fourth-order valence-electron chi connectivity index (χ4n) is 6.03. The number of carbonyl (C=O) groups excluding carboxylic acids is 1. The van der Waals surface area contributed by atoms with Gasteiger partial charge in [0.25, 0.3) is 0 Å². The maximum atomic E-state index is 13.5. The van der Waals surface area contributed by atoms with E-state index in [0.717, 1.165) is 48.1 Å². The molecular weight excluding hydrogens is 690 g/mol. The van der Waals surface area contributed by atoms with Gasteiger partial charge in [-0.25, -0.2) is 8.42 Å². The number of nitrogens with zero attached hydrogens (tertiary/aromatic N) is 2. The van der Waals surface area contributed by atoms with Gasteiger partial charge in [-0.3, -0.25) is 9.78 Å². The molecule has 2 heterocycles. The maximum absolute atomic E-state index is 13.5. The van der Waals surface area contributed by atoms with Gasteiger partial charge < -0.3 is 40.3 Å².